The quantitative estimate of drug-likeness (QED) is 0.720. The van der Waals surface area contributed by atoms with E-state index >= 15 is 0 Å². The van der Waals surface area contributed by atoms with E-state index in [4.69, 9.17) is 0 Å². The second kappa shape index (κ2) is 5.89. The van der Waals surface area contributed by atoms with Crippen LogP contribution in [0.15, 0.2) is 30.5 Å². The maximum atomic E-state index is 4.50. The normalized spacial score (nSPS) is 9.59. The van der Waals surface area contributed by atoms with E-state index in [1.165, 1.54) is 0 Å². The molecule has 0 unspecified atom stereocenters. The molecule has 0 aromatic carbocycles. The minimum absolute atomic E-state index is 0. The van der Waals surface area contributed by atoms with E-state index in [1.807, 2.05) is 50.2 Å². The average Bonchev–Trinajstić information content (AvgIpc) is 2.30. The first-order valence-electron chi connectivity index (χ1n) is 5.16. The minimum Gasteiger partial charge on any atom is -0.401 e. The minimum atomic E-state index is 0. The molecule has 0 bridgehead atoms. The van der Waals surface area contributed by atoms with Gasteiger partial charge in [-0.1, -0.05) is 19.1 Å². The molecule has 0 aliphatic rings. The van der Waals surface area contributed by atoms with Gasteiger partial charge in [0.15, 0.2) is 0 Å². The summed E-state index contributed by atoms with van der Waals surface area (Å²) in [6, 6.07) is 11.0. The smallest absolute Gasteiger partial charge is 0.0431 e. The Morgan fingerprint density at radius 1 is 1.24 bits per heavy atom. The molecule has 2 aromatic rings. The molecule has 2 rings (SSSR count). The van der Waals surface area contributed by atoms with Gasteiger partial charge < -0.3 is 14.9 Å². The van der Waals surface area contributed by atoms with Gasteiger partial charge in [-0.3, -0.25) is 0 Å². The van der Waals surface area contributed by atoms with E-state index in [-0.39, 0.29) is 20.1 Å². The van der Waals surface area contributed by atoms with Crippen molar-refractivity contribution in [2.24, 2.45) is 0 Å². The number of aryl methyl sites for hydroxylation is 1. The summed E-state index contributed by atoms with van der Waals surface area (Å²) in [6.07, 6.45) is 1.78. The number of rotatable bonds is 2. The summed E-state index contributed by atoms with van der Waals surface area (Å²) in [6.45, 7) is 1.98. The monoisotopic (exact) mass is 405 g/mol. The van der Waals surface area contributed by atoms with Gasteiger partial charge in [-0.05, 0) is 31.5 Å². The zero-order chi connectivity index (χ0) is 11.5. The van der Waals surface area contributed by atoms with Crippen molar-refractivity contribution in [3.05, 3.63) is 42.2 Å². The van der Waals surface area contributed by atoms with Gasteiger partial charge in [0.2, 0.25) is 0 Å². The largest absolute Gasteiger partial charge is 0.401 e. The van der Waals surface area contributed by atoms with Gasteiger partial charge in [0, 0.05) is 32.1 Å². The van der Waals surface area contributed by atoms with Crippen molar-refractivity contribution in [1.82, 2.24) is 9.97 Å². The zero-order valence-corrected chi connectivity index (χ0v) is 12.5. The van der Waals surface area contributed by atoms with E-state index in [0.717, 1.165) is 22.8 Å². The molecule has 0 atom stereocenters. The van der Waals surface area contributed by atoms with E-state index in [9.17, 15) is 0 Å². The molecule has 91 valence electrons. The van der Waals surface area contributed by atoms with Gasteiger partial charge in [-0.25, -0.2) is 0 Å². The Morgan fingerprint density at radius 2 is 2.00 bits per heavy atom. The molecule has 0 N–H and O–H groups in total. The Morgan fingerprint density at radius 3 is 2.53 bits per heavy atom. The molecule has 0 spiro atoms. The van der Waals surface area contributed by atoms with Gasteiger partial charge >= 0.3 is 0 Å². The standard InChI is InChI=1S/C13H14N3.Ir/c1-10-11(12-6-4-5-9-14-12)7-8-13(15-10)16(2)3;/h4-6,8-9H,1-3H3;/q-1;. The second-order valence-electron chi connectivity index (χ2n) is 3.83. The summed E-state index contributed by atoms with van der Waals surface area (Å²) in [5.41, 5.74) is 2.83. The third kappa shape index (κ3) is 3.11. The number of hydrogen-bond donors (Lipinski definition) is 0. The van der Waals surface area contributed by atoms with Crippen LogP contribution >= 0.6 is 0 Å². The van der Waals surface area contributed by atoms with Crippen molar-refractivity contribution in [3.8, 4) is 11.3 Å². The Kier molecular flexibility index (Phi) is 4.79. The fraction of sp³-hybridized carbons (Fsp3) is 0.231. The van der Waals surface area contributed by atoms with Crippen molar-refractivity contribution in [1.29, 1.82) is 0 Å². The Balaban J connectivity index is 0.00000144. The molecule has 0 saturated heterocycles. The van der Waals surface area contributed by atoms with E-state index < -0.39 is 0 Å². The van der Waals surface area contributed by atoms with Crippen LogP contribution in [0.3, 0.4) is 0 Å². The number of nitrogens with zero attached hydrogens (tertiary/aromatic N) is 3. The van der Waals surface area contributed by atoms with E-state index in [0.29, 0.717) is 0 Å². The molecule has 0 aliphatic carbocycles. The van der Waals surface area contributed by atoms with Crippen LogP contribution in [0.4, 0.5) is 5.82 Å². The summed E-state index contributed by atoms with van der Waals surface area (Å²) in [5, 5.41) is 0. The van der Waals surface area contributed by atoms with Crippen LogP contribution in [0.2, 0.25) is 0 Å². The molecular weight excluding hydrogens is 390 g/mol. The van der Waals surface area contributed by atoms with Crippen LogP contribution < -0.4 is 4.90 Å². The Bertz CT molecular complexity index is 483. The predicted octanol–water partition coefficient (Wildman–Crippen LogP) is 2.32. The van der Waals surface area contributed by atoms with Crippen LogP contribution in [0.5, 0.6) is 0 Å². The van der Waals surface area contributed by atoms with Crippen LogP contribution in [-0.2, 0) is 20.1 Å². The molecule has 0 aliphatic heterocycles. The van der Waals surface area contributed by atoms with Crippen LogP contribution in [0.25, 0.3) is 11.3 Å². The van der Waals surface area contributed by atoms with Gasteiger partial charge in [-0.15, -0.1) is 17.7 Å². The fourth-order valence-electron chi connectivity index (χ4n) is 1.50. The number of pyridine rings is 2. The van der Waals surface area contributed by atoms with Crippen molar-refractivity contribution in [3.63, 3.8) is 0 Å². The first kappa shape index (κ1) is 13.8. The van der Waals surface area contributed by atoms with Gasteiger partial charge in [0.25, 0.3) is 0 Å². The summed E-state index contributed by atoms with van der Waals surface area (Å²) in [7, 11) is 3.94. The Hall–Kier alpha value is -1.25. The topological polar surface area (TPSA) is 29.0 Å². The van der Waals surface area contributed by atoms with Crippen LogP contribution in [0, 0.1) is 13.0 Å². The number of anilines is 1. The third-order valence-electron chi connectivity index (χ3n) is 2.37. The maximum absolute atomic E-state index is 4.50. The molecule has 17 heavy (non-hydrogen) atoms. The zero-order valence-electron chi connectivity index (χ0n) is 10.1. The van der Waals surface area contributed by atoms with Crippen molar-refractivity contribution in [2.75, 3.05) is 19.0 Å². The van der Waals surface area contributed by atoms with E-state index in [2.05, 4.69) is 16.0 Å². The summed E-state index contributed by atoms with van der Waals surface area (Å²) < 4.78 is 0. The molecule has 1 radical (unpaired) electrons. The summed E-state index contributed by atoms with van der Waals surface area (Å²) in [4.78, 5) is 10.8. The summed E-state index contributed by atoms with van der Waals surface area (Å²) >= 11 is 0. The molecule has 4 heteroatoms. The maximum Gasteiger partial charge on any atom is 0.0431 e. The molecule has 2 aromatic heterocycles. The molecule has 2 heterocycles. The third-order valence-corrected chi connectivity index (χ3v) is 2.37. The Labute approximate surface area is 115 Å². The van der Waals surface area contributed by atoms with Gasteiger partial charge in [-0.2, -0.15) is 0 Å². The van der Waals surface area contributed by atoms with Gasteiger partial charge in [0.1, 0.15) is 0 Å². The van der Waals surface area contributed by atoms with Crippen molar-refractivity contribution in [2.45, 2.75) is 6.92 Å². The second-order valence-corrected chi connectivity index (χ2v) is 3.83. The number of aromatic nitrogens is 2. The SMILES string of the molecule is Cc1nc(N(C)C)c[c-]c1-c1ccccn1.[Ir]. The fourth-order valence-corrected chi connectivity index (χ4v) is 1.50. The van der Waals surface area contributed by atoms with Crippen LogP contribution in [-0.4, -0.2) is 24.1 Å². The van der Waals surface area contributed by atoms with Crippen molar-refractivity contribution < 1.29 is 20.1 Å². The molecular formula is C13H14IrN3-. The van der Waals surface area contributed by atoms with Crippen LogP contribution in [0.1, 0.15) is 5.69 Å². The molecule has 3 nitrogen and oxygen atoms in total. The van der Waals surface area contributed by atoms with Gasteiger partial charge in [0.05, 0.1) is 0 Å². The molecule has 0 saturated carbocycles. The van der Waals surface area contributed by atoms with E-state index in [1.54, 1.807) is 6.20 Å². The predicted molar refractivity (Wildman–Crippen MR) is 65.4 cm³/mol. The number of hydrogen-bond acceptors (Lipinski definition) is 3. The first-order chi connectivity index (χ1) is 7.68. The van der Waals surface area contributed by atoms with Crippen molar-refractivity contribution >= 4 is 5.82 Å². The summed E-state index contributed by atoms with van der Waals surface area (Å²) in [5.74, 6) is 0.914. The first-order valence-corrected chi connectivity index (χ1v) is 5.16. The molecule has 0 fully saturated rings. The average molecular weight is 404 g/mol. The molecule has 0 amide bonds.